The Morgan fingerprint density at radius 1 is 1.04 bits per heavy atom. The molecule has 1 fully saturated rings. The first-order valence-corrected chi connectivity index (χ1v) is 8.92. The van der Waals surface area contributed by atoms with Gasteiger partial charge in [0.25, 0.3) is 5.91 Å². The van der Waals surface area contributed by atoms with Crippen molar-refractivity contribution in [1.82, 2.24) is 0 Å². The van der Waals surface area contributed by atoms with E-state index in [9.17, 15) is 9.59 Å². The molecule has 24 heavy (non-hydrogen) atoms. The zero-order valence-electron chi connectivity index (χ0n) is 13.1. The molecule has 1 aliphatic carbocycles. The van der Waals surface area contributed by atoms with Crippen LogP contribution in [0.1, 0.15) is 24.0 Å². The average molecular weight is 385 g/mol. The highest BCUT2D eigenvalue weighted by molar-refractivity contribution is 9.10. The van der Waals surface area contributed by atoms with E-state index < -0.39 is 6.04 Å². The molecule has 1 heterocycles. The number of rotatable bonds is 3. The van der Waals surface area contributed by atoms with Gasteiger partial charge in [0.15, 0.2) is 0 Å². The average Bonchev–Trinajstić information content (AvgIpc) is 3.13. The minimum Gasteiger partial charge on any atom is -0.373 e. The molecule has 0 radical (unpaired) electrons. The zero-order valence-corrected chi connectivity index (χ0v) is 14.7. The molecule has 2 aromatic rings. The van der Waals surface area contributed by atoms with Crippen LogP contribution in [0.2, 0.25) is 0 Å². The fraction of sp³-hybridized carbons (Fsp3) is 0.263. The van der Waals surface area contributed by atoms with Gasteiger partial charge in [0.05, 0.1) is 12.1 Å². The van der Waals surface area contributed by atoms with Crippen LogP contribution in [0.3, 0.4) is 0 Å². The van der Waals surface area contributed by atoms with E-state index in [4.69, 9.17) is 0 Å². The van der Waals surface area contributed by atoms with Crippen molar-refractivity contribution in [3.63, 3.8) is 0 Å². The third-order valence-electron chi connectivity index (χ3n) is 4.68. The van der Waals surface area contributed by atoms with E-state index in [0.29, 0.717) is 5.69 Å². The molecule has 5 heteroatoms. The summed E-state index contributed by atoms with van der Waals surface area (Å²) in [7, 11) is 0. The van der Waals surface area contributed by atoms with Crippen molar-refractivity contribution < 1.29 is 9.59 Å². The van der Waals surface area contributed by atoms with E-state index in [-0.39, 0.29) is 18.2 Å². The lowest BCUT2D eigenvalue weighted by Gasteiger charge is -2.17. The number of anilines is 2. The van der Waals surface area contributed by atoms with Crippen molar-refractivity contribution in [1.29, 1.82) is 0 Å². The number of hydrogen-bond acceptors (Lipinski definition) is 3. The van der Waals surface area contributed by atoms with Gasteiger partial charge in [-0.1, -0.05) is 18.2 Å². The predicted octanol–water partition coefficient (Wildman–Crippen LogP) is 3.68. The number of fused-ring (bicyclic) bond motifs is 1. The molecule has 1 atom stereocenters. The summed E-state index contributed by atoms with van der Waals surface area (Å²) in [5.41, 5.74) is 4.25. The molecule has 4 nitrogen and oxygen atoms in total. The Labute approximate surface area is 149 Å². The largest absolute Gasteiger partial charge is 0.373 e. The first-order valence-electron chi connectivity index (χ1n) is 8.13. The first kappa shape index (κ1) is 15.4. The van der Waals surface area contributed by atoms with E-state index in [0.717, 1.165) is 23.0 Å². The van der Waals surface area contributed by atoms with Crippen molar-refractivity contribution in [2.45, 2.75) is 31.7 Å². The maximum absolute atomic E-state index is 12.7. The van der Waals surface area contributed by atoms with Gasteiger partial charge in [-0.2, -0.15) is 0 Å². The minimum absolute atomic E-state index is 0.175. The van der Waals surface area contributed by atoms with Gasteiger partial charge >= 0.3 is 0 Å². The molecule has 0 bridgehead atoms. The SMILES string of the molecule is O=C1C[C@@H](Nc2ccc3c(c2)CCC3)C(=O)N1c1ccccc1Br. The third kappa shape index (κ3) is 2.63. The predicted molar refractivity (Wildman–Crippen MR) is 97.1 cm³/mol. The molecule has 0 unspecified atom stereocenters. The summed E-state index contributed by atoms with van der Waals surface area (Å²) >= 11 is 3.42. The lowest BCUT2D eigenvalue weighted by Crippen LogP contribution is -2.35. The van der Waals surface area contributed by atoms with Gasteiger partial charge in [0.2, 0.25) is 5.91 Å². The van der Waals surface area contributed by atoms with Crippen molar-refractivity contribution in [3.8, 4) is 0 Å². The summed E-state index contributed by atoms with van der Waals surface area (Å²) in [5.74, 6) is -0.377. The van der Waals surface area contributed by atoms with E-state index >= 15 is 0 Å². The number of nitrogens with zero attached hydrogens (tertiary/aromatic N) is 1. The van der Waals surface area contributed by atoms with E-state index in [1.165, 1.54) is 22.4 Å². The number of amides is 2. The Morgan fingerprint density at radius 3 is 2.67 bits per heavy atom. The van der Waals surface area contributed by atoms with Gasteiger partial charge in [-0.05, 0) is 70.6 Å². The number of para-hydroxylation sites is 1. The van der Waals surface area contributed by atoms with Crippen LogP contribution in [0.15, 0.2) is 46.9 Å². The molecule has 1 N–H and O–H groups in total. The summed E-state index contributed by atoms with van der Waals surface area (Å²) in [5, 5.41) is 3.24. The molecule has 4 rings (SSSR count). The van der Waals surface area contributed by atoms with Gasteiger partial charge in [0.1, 0.15) is 6.04 Å². The molecule has 2 aliphatic rings. The minimum atomic E-state index is -0.510. The van der Waals surface area contributed by atoms with E-state index in [2.05, 4.69) is 33.4 Å². The Kier molecular flexibility index (Phi) is 3.88. The zero-order chi connectivity index (χ0) is 16.7. The fourth-order valence-electron chi connectivity index (χ4n) is 3.49. The van der Waals surface area contributed by atoms with Gasteiger partial charge in [0, 0.05) is 10.2 Å². The second-order valence-corrected chi connectivity index (χ2v) is 7.11. The van der Waals surface area contributed by atoms with Crippen LogP contribution in [0.25, 0.3) is 0 Å². The molecular weight excluding hydrogens is 368 g/mol. The highest BCUT2D eigenvalue weighted by atomic mass is 79.9. The van der Waals surface area contributed by atoms with Crippen molar-refractivity contribution >= 4 is 39.1 Å². The molecule has 1 saturated heterocycles. The van der Waals surface area contributed by atoms with Crippen molar-refractivity contribution in [2.24, 2.45) is 0 Å². The van der Waals surface area contributed by atoms with Gasteiger partial charge in [-0.25, -0.2) is 4.90 Å². The molecule has 0 spiro atoms. The maximum Gasteiger partial charge on any atom is 0.256 e. The number of nitrogens with one attached hydrogen (secondary N) is 1. The standard InChI is InChI=1S/C19H17BrN2O2/c20-15-6-1-2-7-17(15)22-18(23)11-16(19(22)24)21-14-9-8-12-4-3-5-13(12)10-14/h1-2,6-10,16,21H,3-5,11H2/t16-/m1/s1. The topological polar surface area (TPSA) is 49.4 Å². The molecule has 2 aromatic carbocycles. The maximum atomic E-state index is 12.7. The van der Waals surface area contributed by atoms with E-state index in [1.54, 1.807) is 6.07 Å². The number of aryl methyl sites for hydroxylation is 2. The molecule has 1 aliphatic heterocycles. The summed E-state index contributed by atoms with van der Waals surface area (Å²) in [4.78, 5) is 26.4. The number of imide groups is 1. The van der Waals surface area contributed by atoms with Gasteiger partial charge < -0.3 is 5.32 Å². The van der Waals surface area contributed by atoms with Crippen LogP contribution in [-0.4, -0.2) is 17.9 Å². The number of hydrogen-bond donors (Lipinski definition) is 1. The summed E-state index contributed by atoms with van der Waals surface area (Å²) in [6.07, 6.45) is 3.59. The second-order valence-electron chi connectivity index (χ2n) is 6.26. The number of carbonyl (C=O) groups is 2. The van der Waals surface area contributed by atoms with E-state index in [1.807, 2.05) is 24.3 Å². The van der Waals surface area contributed by atoms with Gasteiger partial charge in [-0.15, -0.1) is 0 Å². The van der Waals surface area contributed by atoms with Crippen LogP contribution in [0, 0.1) is 0 Å². The van der Waals surface area contributed by atoms with Crippen LogP contribution in [0.5, 0.6) is 0 Å². The van der Waals surface area contributed by atoms with Crippen molar-refractivity contribution in [2.75, 3.05) is 10.2 Å². The lowest BCUT2D eigenvalue weighted by molar-refractivity contribution is -0.121. The molecule has 0 aromatic heterocycles. The normalized spacial score (nSPS) is 19.7. The molecule has 2 amide bonds. The Bertz CT molecular complexity index is 834. The fourth-order valence-corrected chi connectivity index (χ4v) is 3.96. The Morgan fingerprint density at radius 2 is 1.83 bits per heavy atom. The lowest BCUT2D eigenvalue weighted by atomic mass is 10.1. The summed E-state index contributed by atoms with van der Waals surface area (Å²) in [6, 6.07) is 13.0. The third-order valence-corrected chi connectivity index (χ3v) is 5.35. The first-order chi connectivity index (χ1) is 11.6. The number of halogens is 1. The van der Waals surface area contributed by atoms with Crippen LogP contribution in [-0.2, 0) is 22.4 Å². The van der Waals surface area contributed by atoms with Crippen molar-refractivity contribution in [3.05, 3.63) is 58.1 Å². The number of benzene rings is 2. The summed E-state index contributed by atoms with van der Waals surface area (Å²) in [6.45, 7) is 0. The van der Waals surface area contributed by atoms with Crippen LogP contribution >= 0.6 is 15.9 Å². The Balaban J connectivity index is 1.57. The molecule has 0 saturated carbocycles. The highest BCUT2D eigenvalue weighted by Crippen LogP contribution is 2.32. The van der Waals surface area contributed by atoms with Crippen LogP contribution < -0.4 is 10.2 Å². The molecule has 122 valence electrons. The quantitative estimate of drug-likeness (QED) is 0.821. The summed E-state index contributed by atoms with van der Waals surface area (Å²) < 4.78 is 0.741. The van der Waals surface area contributed by atoms with Crippen LogP contribution in [0.4, 0.5) is 11.4 Å². The second kappa shape index (κ2) is 6.06. The molecular formula is C19H17BrN2O2. The highest BCUT2D eigenvalue weighted by Gasteiger charge is 2.40. The van der Waals surface area contributed by atoms with Gasteiger partial charge in [-0.3, -0.25) is 9.59 Å². The monoisotopic (exact) mass is 384 g/mol. The smallest absolute Gasteiger partial charge is 0.256 e. The number of carbonyl (C=O) groups excluding carboxylic acids is 2. The Hall–Kier alpha value is -2.14.